The number of sulfone groups is 1. The summed E-state index contributed by atoms with van der Waals surface area (Å²) in [7, 11) is -3.82. The van der Waals surface area contributed by atoms with Crippen LogP contribution in [0, 0.1) is 31.4 Å². The lowest BCUT2D eigenvalue weighted by molar-refractivity contribution is 0.480. The van der Waals surface area contributed by atoms with E-state index in [9.17, 15) is 13.7 Å². The largest absolute Gasteiger partial charge is 0.459 e. The molecule has 0 aliphatic rings. The standard InChI is InChI=1S/C58H45N3O6S/c1-39-8-17-51(36-40(39)38-59)66-47-22-13-43(14-23-47)57(2,3)41-9-18-45(19-10-41)64-49-26-31-53(32-27-49)68(62,63)54-33-28-50(29-34-54)65-46-20-11-42(12-21-46)58(4,5)44-15-24-48(25-16-44)67-52-30-35-55(60-6)56(37-52)61-7/h8-37H,1-5H3. The summed E-state index contributed by atoms with van der Waals surface area (Å²) in [5.74, 6) is 4.61. The van der Waals surface area contributed by atoms with E-state index in [0.29, 0.717) is 57.2 Å². The zero-order chi connectivity index (χ0) is 48.1. The average molecular weight is 912 g/mol. The summed E-state index contributed by atoms with van der Waals surface area (Å²) in [6.07, 6.45) is 0. The molecule has 8 aromatic carbocycles. The van der Waals surface area contributed by atoms with Gasteiger partial charge in [0.15, 0.2) is 11.4 Å². The van der Waals surface area contributed by atoms with Crippen molar-refractivity contribution in [1.82, 2.24) is 0 Å². The summed E-state index contributed by atoms with van der Waals surface area (Å²) in [6, 6.07) is 56.5. The lowest BCUT2D eigenvalue weighted by Gasteiger charge is -2.26. The third-order valence-electron chi connectivity index (χ3n) is 12.0. The van der Waals surface area contributed by atoms with E-state index in [2.05, 4.69) is 43.5 Å². The Labute approximate surface area is 397 Å². The van der Waals surface area contributed by atoms with Crippen LogP contribution in [-0.4, -0.2) is 8.42 Å². The molecule has 0 N–H and O–H groups in total. The molecule has 0 heterocycles. The molecule has 8 rings (SSSR count). The highest BCUT2D eigenvalue weighted by Crippen LogP contribution is 2.39. The van der Waals surface area contributed by atoms with Crippen LogP contribution in [0.1, 0.15) is 61.1 Å². The summed E-state index contributed by atoms with van der Waals surface area (Å²) < 4.78 is 51.4. The van der Waals surface area contributed by atoms with Crippen molar-refractivity contribution in [3.63, 3.8) is 0 Å². The van der Waals surface area contributed by atoms with Crippen molar-refractivity contribution in [1.29, 1.82) is 5.26 Å². The zero-order valence-electron chi connectivity index (χ0n) is 38.0. The van der Waals surface area contributed by atoms with Crippen LogP contribution in [0.15, 0.2) is 192 Å². The van der Waals surface area contributed by atoms with Gasteiger partial charge >= 0.3 is 0 Å². The maximum atomic E-state index is 13.6. The van der Waals surface area contributed by atoms with E-state index >= 15 is 0 Å². The van der Waals surface area contributed by atoms with E-state index in [1.165, 1.54) is 24.3 Å². The van der Waals surface area contributed by atoms with E-state index < -0.39 is 9.84 Å². The highest BCUT2D eigenvalue weighted by atomic mass is 32.2. The molecule has 0 aromatic heterocycles. The van der Waals surface area contributed by atoms with Gasteiger partial charge in [-0.3, -0.25) is 4.85 Å². The third kappa shape index (κ3) is 9.95. The van der Waals surface area contributed by atoms with Gasteiger partial charge in [0.05, 0.1) is 34.6 Å². The number of hydrogen-bond donors (Lipinski definition) is 0. The Morgan fingerprint density at radius 3 is 1.06 bits per heavy atom. The van der Waals surface area contributed by atoms with Gasteiger partial charge < -0.3 is 18.9 Å². The van der Waals surface area contributed by atoms with E-state index in [4.69, 9.17) is 32.1 Å². The van der Waals surface area contributed by atoms with Crippen LogP contribution >= 0.6 is 0 Å². The first-order valence-electron chi connectivity index (χ1n) is 21.6. The number of nitrogens with zero attached hydrogens (tertiary/aromatic N) is 3. The molecule has 8 aromatic rings. The summed E-state index contributed by atoms with van der Waals surface area (Å²) in [5.41, 5.74) is 5.67. The van der Waals surface area contributed by atoms with Crippen molar-refractivity contribution in [2.45, 2.75) is 55.2 Å². The second-order valence-electron chi connectivity index (χ2n) is 17.2. The molecule has 334 valence electrons. The number of rotatable bonds is 14. The van der Waals surface area contributed by atoms with Crippen molar-refractivity contribution in [3.05, 3.63) is 238 Å². The molecule has 0 aliphatic heterocycles. The number of nitriles is 1. The second-order valence-corrected chi connectivity index (χ2v) is 19.1. The molecule has 0 unspecified atom stereocenters. The Balaban J connectivity index is 0.849. The Morgan fingerprint density at radius 1 is 0.426 bits per heavy atom. The van der Waals surface area contributed by atoms with Gasteiger partial charge in [-0.05, 0) is 156 Å². The predicted octanol–water partition coefficient (Wildman–Crippen LogP) is 15.6. The Morgan fingerprint density at radius 2 is 0.721 bits per heavy atom. The molecule has 0 bridgehead atoms. The highest BCUT2D eigenvalue weighted by Gasteiger charge is 2.25. The fraction of sp³-hybridized carbons (Fsp3) is 0.121. The first-order valence-corrected chi connectivity index (χ1v) is 23.1. The van der Waals surface area contributed by atoms with Gasteiger partial charge in [-0.15, -0.1) is 0 Å². The van der Waals surface area contributed by atoms with Crippen LogP contribution in [0.5, 0.6) is 46.0 Å². The normalized spacial score (nSPS) is 11.4. The van der Waals surface area contributed by atoms with Gasteiger partial charge in [0, 0.05) is 10.8 Å². The van der Waals surface area contributed by atoms with Crippen LogP contribution in [0.2, 0.25) is 0 Å². The van der Waals surface area contributed by atoms with Gasteiger partial charge in [0.25, 0.3) is 0 Å². The Kier molecular flexibility index (Phi) is 12.9. The monoisotopic (exact) mass is 911 g/mol. The molecule has 0 spiro atoms. The molecular formula is C58H45N3O6S. The maximum Gasteiger partial charge on any atom is 0.206 e. The molecule has 0 atom stereocenters. The van der Waals surface area contributed by atoms with Gasteiger partial charge in [-0.25, -0.2) is 13.3 Å². The van der Waals surface area contributed by atoms with Crippen LogP contribution in [0.25, 0.3) is 9.69 Å². The minimum atomic E-state index is -3.82. The molecule has 0 aliphatic carbocycles. The van der Waals surface area contributed by atoms with Crippen LogP contribution in [0.3, 0.4) is 0 Å². The zero-order valence-corrected chi connectivity index (χ0v) is 38.8. The summed E-state index contributed by atoms with van der Waals surface area (Å²) in [6.45, 7) is 25.0. The smallest absolute Gasteiger partial charge is 0.206 e. The van der Waals surface area contributed by atoms with Gasteiger partial charge in [0.2, 0.25) is 9.84 Å². The maximum absolute atomic E-state index is 13.6. The molecule has 68 heavy (non-hydrogen) atoms. The first kappa shape index (κ1) is 45.9. The van der Waals surface area contributed by atoms with Crippen molar-refractivity contribution in [2.75, 3.05) is 0 Å². The molecular weight excluding hydrogens is 867 g/mol. The SMILES string of the molecule is [C-]#[N+]c1ccc(Oc2ccc(C(C)(C)c3ccc(Oc4ccc(S(=O)(=O)c5ccc(Oc6ccc(C(C)(C)c7ccc(Oc8ccc(C)c(C#N)c8)cc7)cc6)cc5)cc4)cc3)cc2)cc1[N+]#[C-]. The van der Waals surface area contributed by atoms with E-state index in [1.807, 2.05) is 116 Å². The molecule has 10 heteroatoms. The fourth-order valence-corrected chi connectivity index (χ4v) is 8.94. The third-order valence-corrected chi connectivity index (χ3v) is 13.8. The quantitative estimate of drug-likeness (QED) is 0.100. The lowest BCUT2D eigenvalue weighted by Crippen LogP contribution is -2.18. The molecule has 0 saturated heterocycles. The van der Waals surface area contributed by atoms with Crippen molar-refractivity contribution in [2.24, 2.45) is 0 Å². The fourth-order valence-electron chi connectivity index (χ4n) is 7.68. The number of aryl methyl sites for hydroxylation is 1. The van der Waals surface area contributed by atoms with E-state index in [-0.39, 0.29) is 26.3 Å². The van der Waals surface area contributed by atoms with Gasteiger partial charge in [-0.1, -0.05) is 88.4 Å². The van der Waals surface area contributed by atoms with E-state index in [1.54, 1.807) is 48.5 Å². The molecule has 0 radical (unpaired) electrons. The number of ether oxygens (including phenoxy) is 4. The Hall–Kier alpha value is -8.62. The van der Waals surface area contributed by atoms with Crippen molar-refractivity contribution >= 4 is 21.2 Å². The second kappa shape index (κ2) is 19.1. The number of benzene rings is 8. The predicted molar refractivity (Wildman–Crippen MR) is 264 cm³/mol. The lowest BCUT2D eigenvalue weighted by atomic mass is 9.78. The van der Waals surface area contributed by atoms with Crippen LogP contribution in [-0.2, 0) is 20.7 Å². The summed E-state index contributed by atoms with van der Waals surface area (Å²) in [4.78, 5) is 7.08. The van der Waals surface area contributed by atoms with Crippen LogP contribution in [0.4, 0.5) is 11.4 Å². The van der Waals surface area contributed by atoms with Gasteiger partial charge in [-0.2, -0.15) is 5.26 Å². The molecule has 0 amide bonds. The highest BCUT2D eigenvalue weighted by molar-refractivity contribution is 7.91. The average Bonchev–Trinajstić information content (AvgIpc) is 3.35. The molecule has 0 fully saturated rings. The van der Waals surface area contributed by atoms with Crippen LogP contribution < -0.4 is 18.9 Å². The van der Waals surface area contributed by atoms with E-state index in [0.717, 1.165) is 27.8 Å². The molecule has 0 saturated carbocycles. The minimum Gasteiger partial charge on any atom is -0.459 e. The first-order chi connectivity index (χ1) is 32.7. The summed E-state index contributed by atoms with van der Waals surface area (Å²) in [5, 5.41) is 9.37. The van der Waals surface area contributed by atoms with Gasteiger partial charge in [0.1, 0.15) is 46.0 Å². The van der Waals surface area contributed by atoms with Crippen molar-refractivity contribution in [3.8, 4) is 52.1 Å². The Bertz CT molecular complexity index is 3350. The topological polar surface area (TPSA) is 104 Å². The minimum absolute atomic E-state index is 0.138. The molecule has 9 nitrogen and oxygen atoms in total. The van der Waals surface area contributed by atoms with Crippen molar-refractivity contribution < 1.29 is 27.4 Å². The number of hydrogen-bond acceptors (Lipinski definition) is 7. The summed E-state index contributed by atoms with van der Waals surface area (Å²) >= 11 is 0.